The van der Waals surface area contributed by atoms with Crippen LogP contribution >= 0.6 is 0 Å². The first-order valence-electron chi connectivity index (χ1n) is 9.05. The first kappa shape index (κ1) is 18.0. The number of hydrogen-bond donors (Lipinski definition) is 4. The molecule has 0 bridgehead atoms. The predicted molar refractivity (Wildman–Crippen MR) is 108 cm³/mol. The van der Waals surface area contributed by atoms with E-state index in [4.69, 9.17) is 15.9 Å². The Bertz CT molecular complexity index is 1010. The maximum atomic E-state index is 13.5. The van der Waals surface area contributed by atoms with Gasteiger partial charge in [-0.3, -0.25) is 4.79 Å². The number of hydrogen-bond acceptors (Lipinski definition) is 5. The number of benzene rings is 2. The minimum absolute atomic E-state index is 0.00310. The highest BCUT2D eigenvalue weighted by molar-refractivity contribution is 6.10. The van der Waals surface area contributed by atoms with Crippen LogP contribution in [0.1, 0.15) is 30.4 Å². The molecule has 1 saturated carbocycles. The van der Waals surface area contributed by atoms with Crippen LogP contribution in [-0.2, 0) is 10.2 Å². The number of halogens is 1. The highest BCUT2D eigenvalue weighted by atomic mass is 19.1. The molecule has 7 heteroatoms. The average molecular weight is 380 g/mol. The number of carbonyl (C=O) groups excluding carboxylic acids is 1. The van der Waals surface area contributed by atoms with Crippen molar-refractivity contribution in [3.63, 3.8) is 0 Å². The maximum Gasteiger partial charge on any atom is 0.235 e. The molecule has 4 rings (SSSR count). The molecule has 0 atom stereocenters. The summed E-state index contributed by atoms with van der Waals surface area (Å²) >= 11 is 0. The average Bonchev–Trinajstić information content (AvgIpc) is 2.95. The molecule has 144 valence electrons. The standard InChI is InChI=1S/C21H21FN4O2/c1-28-18-11-13(22)3-4-17(18)25-16(5-8-23)12-9-14-19(15(24)10-12)26-20(27)21(14)6-2-7-21/h3-5,8-11,23,25H,2,6-7,24H2,1H3,(H,26,27)/b16-5-,23-8?. The van der Waals surface area contributed by atoms with Crippen molar-refractivity contribution < 1.29 is 13.9 Å². The van der Waals surface area contributed by atoms with Crippen molar-refractivity contribution in [1.82, 2.24) is 0 Å². The van der Waals surface area contributed by atoms with Gasteiger partial charge < -0.3 is 26.5 Å². The molecular formula is C21H21FN4O2. The minimum Gasteiger partial charge on any atom is -0.494 e. The zero-order valence-corrected chi connectivity index (χ0v) is 15.4. The summed E-state index contributed by atoms with van der Waals surface area (Å²) < 4.78 is 18.7. The molecule has 2 aliphatic rings. The van der Waals surface area contributed by atoms with Crippen molar-refractivity contribution in [1.29, 1.82) is 5.41 Å². The van der Waals surface area contributed by atoms with Crippen LogP contribution in [0.3, 0.4) is 0 Å². The lowest BCUT2D eigenvalue weighted by Gasteiger charge is -2.36. The van der Waals surface area contributed by atoms with Crippen molar-refractivity contribution in [2.45, 2.75) is 24.7 Å². The molecular weight excluding hydrogens is 359 g/mol. The molecule has 2 aromatic rings. The van der Waals surface area contributed by atoms with E-state index in [2.05, 4.69) is 10.6 Å². The predicted octanol–water partition coefficient (Wildman–Crippen LogP) is 3.89. The van der Waals surface area contributed by atoms with E-state index in [1.54, 1.807) is 18.2 Å². The Morgan fingerprint density at radius 2 is 2.14 bits per heavy atom. The molecule has 1 fully saturated rings. The fraction of sp³-hybridized carbons (Fsp3) is 0.238. The van der Waals surface area contributed by atoms with Gasteiger partial charge in [0.15, 0.2) is 0 Å². The topological polar surface area (TPSA) is 100 Å². The second-order valence-electron chi connectivity index (χ2n) is 7.09. The number of methoxy groups -OCH3 is 1. The van der Waals surface area contributed by atoms with E-state index in [1.807, 2.05) is 6.07 Å². The number of rotatable bonds is 5. The maximum absolute atomic E-state index is 13.5. The lowest BCUT2D eigenvalue weighted by atomic mass is 9.65. The van der Waals surface area contributed by atoms with Crippen LogP contribution in [0.25, 0.3) is 5.70 Å². The zero-order chi connectivity index (χ0) is 19.9. The van der Waals surface area contributed by atoms with Crippen LogP contribution in [0.15, 0.2) is 36.4 Å². The first-order chi connectivity index (χ1) is 13.5. The van der Waals surface area contributed by atoms with Gasteiger partial charge in [0, 0.05) is 23.5 Å². The first-order valence-corrected chi connectivity index (χ1v) is 9.05. The molecule has 2 aromatic carbocycles. The summed E-state index contributed by atoms with van der Waals surface area (Å²) in [5, 5.41) is 13.6. The molecule has 28 heavy (non-hydrogen) atoms. The number of amides is 1. The van der Waals surface area contributed by atoms with E-state index in [0.717, 1.165) is 36.6 Å². The van der Waals surface area contributed by atoms with Gasteiger partial charge in [0.1, 0.15) is 11.6 Å². The van der Waals surface area contributed by atoms with Crippen LogP contribution in [0.4, 0.5) is 21.5 Å². The molecule has 0 aromatic heterocycles. The monoisotopic (exact) mass is 380 g/mol. The fourth-order valence-corrected chi connectivity index (χ4v) is 3.93. The normalized spacial score (nSPS) is 16.9. The lowest BCUT2D eigenvalue weighted by molar-refractivity contribution is -0.123. The SMILES string of the molecule is COc1cc(F)ccc1N/C(=C\C=N)c1cc(N)c2c(c1)C1(CCC1)C(=O)N2. The quantitative estimate of drug-likeness (QED) is 0.467. The zero-order valence-electron chi connectivity index (χ0n) is 15.4. The number of nitrogen functional groups attached to an aromatic ring is 1. The van der Waals surface area contributed by atoms with E-state index in [9.17, 15) is 9.18 Å². The summed E-state index contributed by atoms with van der Waals surface area (Å²) in [5.74, 6) is -0.0565. The van der Waals surface area contributed by atoms with Crippen molar-refractivity contribution >= 4 is 34.9 Å². The van der Waals surface area contributed by atoms with Crippen molar-refractivity contribution in [3.8, 4) is 5.75 Å². The highest BCUT2D eigenvalue weighted by Gasteiger charge is 2.51. The molecule has 1 heterocycles. The number of nitrogens with two attached hydrogens (primary N) is 1. The van der Waals surface area contributed by atoms with Gasteiger partial charge in [0.25, 0.3) is 0 Å². The van der Waals surface area contributed by atoms with E-state index in [0.29, 0.717) is 28.5 Å². The fourth-order valence-electron chi connectivity index (χ4n) is 3.93. The molecule has 0 unspecified atom stereocenters. The molecule has 1 aliphatic heterocycles. The molecule has 1 amide bonds. The number of ether oxygens (including phenoxy) is 1. The molecule has 6 nitrogen and oxygen atoms in total. The van der Waals surface area contributed by atoms with Gasteiger partial charge in [0.2, 0.25) is 5.91 Å². The summed E-state index contributed by atoms with van der Waals surface area (Å²) in [6, 6.07) is 7.89. The summed E-state index contributed by atoms with van der Waals surface area (Å²) in [5.41, 5.74) is 9.71. The smallest absolute Gasteiger partial charge is 0.235 e. The molecule has 0 radical (unpaired) electrons. The third-order valence-corrected chi connectivity index (χ3v) is 5.56. The van der Waals surface area contributed by atoms with Gasteiger partial charge in [-0.2, -0.15) is 0 Å². The van der Waals surface area contributed by atoms with Crippen LogP contribution in [-0.4, -0.2) is 19.2 Å². The summed E-state index contributed by atoms with van der Waals surface area (Å²) in [7, 11) is 1.46. The number of anilines is 3. The lowest BCUT2D eigenvalue weighted by Crippen LogP contribution is -2.40. The molecule has 1 aliphatic carbocycles. The van der Waals surface area contributed by atoms with Crippen LogP contribution in [0, 0.1) is 11.2 Å². The van der Waals surface area contributed by atoms with Crippen LogP contribution in [0.2, 0.25) is 0 Å². The van der Waals surface area contributed by atoms with Crippen LogP contribution < -0.4 is 21.1 Å². The van der Waals surface area contributed by atoms with Crippen molar-refractivity contribution in [2.75, 3.05) is 23.5 Å². The summed E-state index contributed by atoms with van der Waals surface area (Å²) in [6.07, 6.45) is 5.35. The van der Waals surface area contributed by atoms with Crippen molar-refractivity contribution in [2.24, 2.45) is 0 Å². The third kappa shape index (κ3) is 2.70. The Morgan fingerprint density at radius 1 is 1.36 bits per heavy atom. The largest absolute Gasteiger partial charge is 0.494 e. The second kappa shape index (κ2) is 6.67. The van der Waals surface area contributed by atoms with Gasteiger partial charge in [-0.05, 0) is 48.7 Å². The van der Waals surface area contributed by atoms with E-state index < -0.39 is 11.2 Å². The van der Waals surface area contributed by atoms with Gasteiger partial charge in [0.05, 0.1) is 29.6 Å². The highest BCUT2D eigenvalue weighted by Crippen LogP contribution is 2.53. The van der Waals surface area contributed by atoms with E-state index >= 15 is 0 Å². The molecule has 5 N–H and O–H groups in total. The number of allylic oxidation sites excluding steroid dienone is 1. The summed E-state index contributed by atoms with van der Waals surface area (Å²) in [4.78, 5) is 12.5. The Hall–Kier alpha value is -3.35. The Labute approximate surface area is 162 Å². The van der Waals surface area contributed by atoms with Crippen molar-refractivity contribution in [3.05, 3.63) is 53.4 Å². The van der Waals surface area contributed by atoms with E-state index in [1.165, 1.54) is 19.2 Å². The van der Waals surface area contributed by atoms with Gasteiger partial charge in [-0.1, -0.05) is 6.42 Å². The summed E-state index contributed by atoms with van der Waals surface area (Å²) in [6.45, 7) is 0. The molecule has 0 saturated heterocycles. The number of nitrogens with one attached hydrogen (secondary N) is 3. The Balaban J connectivity index is 1.77. The van der Waals surface area contributed by atoms with Crippen LogP contribution in [0.5, 0.6) is 5.75 Å². The molecule has 1 spiro atoms. The van der Waals surface area contributed by atoms with E-state index in [-0.39, 0.29) is 5.91 Å². The van der Waals surface area contributed by atoms with Gasteiger partial charge in [-0.25, -0.2) is 4.39 Å². The number of carbonyl (C=O) groups is 1. The number of fused-ring (bicyclic) bond motifs is 2. The van der Waals surface area contributed by atoms with Gasteiger partial charge in [-0.15, -0.1) is 0 Å². The second-order valence-corrected chi connectivity index (χ2v) is 7.09. The Morgan fingerprint density at radius 3 is 2.79 bits per heavy atom. The Kier molecular flexibility index (Phi) is 4.30. The third-order valence-electron chi connectivity index (χ3n) is 5.56. The van der Waals surface area contributed by atoms with Gasteiger partial charge >= 0.3 is 0 Å². The minimum atomic E-state index is -0.497.